The van der Waals surface area contributed by atoms with Crippen molar-refractivity contribution in [1.29, 1.82) is 0 Å². The molecule has 265 valence electrons. The number of fused-ring (bicyclic) bond motifs is 1. The van der Waals surface area contributed by atoms with Crippen molar-refractivity contribution in [2.75, 3.05) is 5.32 Å². The summed E-state index contributed by atoms with van der Waals surface area (Å²) in [4.78, 5) is 11.5. The summed E-state index contributed by atoms with van der Waals surface area (Å²) in [6, 6.07) is 12.4. The quantitative estimate of drug-likeness (QED) is 0.0663. The number of aryl methyl sites for hydroxylation is 2. The van der Waals surface area contributed by atoms with Crippen LogP contribution in [0.2, 0.25) is 0 Å². The van der Waals surface area contributed by atoms with Crippen LogP contribution in [0.15, 0.2) is 86.3 Å². The van der Waals surface area contributed by atoms with Crippen molar-refractivity contribution in [1.82, 2.24) is 15.0 Å². The third kappa shape index (κ3) is 9.66. The average Bonchev–Trinajstić information content (AvgIpc) is 3.04. The molecule has 5 aromatic rings. The smallest absolute Gasteiger partial charge is 0.425 e. The van der Waals surface area contributed by atoms with Gasteiger partial charge in [0, 0.05) is 28.1 Å². The number of phenols is 2. The molecule has 50 heavy (non-hydrogen) atoms. The third-order valence-corrected chi connectivity index (χ3v) is 7.57. The fourth-order valence-electron chi connectivity index (χ4n) is 4.35. The minimum absolute atomic E-state index is 0. The zero-order valence-electron chi connectivity index (χ0n) is 26.6. The summed E-state index contributed by atoms with van der Waals surface area (Å²) in [6.07, 6.45) is -0.174. The minimum Gasteiger partial charge on any atom is -0.506 e. The van der Waals surface area contributed by atoms with E-state index in [2.05, 4.69) is 40.7 Å². The molecule has 0 fully saturated rings. The standard InChI is InChI=1S/C29H26N8O7S.Cu.O3S/c1-15-20-4-7-23(28(41)21(20)5-6-22(15)33-29-31-14-30-16(2)32-29)34-35-24-9-17(12-38)18(13-39)10-25(24)36-37-26-11-19(45(42,43)44)3-8-27(26)40;;1-4(2)3/h3-11,14,38-41H,12-13H2,1-2H3,(H,42,43,44)(H,30,31,32,33);;/i14T;;. The van der Waals surface area contributed by atoms with Gasteiger partial charge < -0.3 is 25.7 Å². The summed E-state index contributed by atoms with van der Waals surface area (Å²) in [5.41, 5.74) is 1.92. The van der Waals surface area contributed by atoms with Crippen molar-refractivity contribution in [2.45, 2.75) is 32.0 Å². The SMILES string of the molecule is O=S(=O)=O.[3H]c1nc(C)nc(Nc2ccc3c(O)c(N=Nc4cc(CO)c(CO)cc4N=Nc4cc(S(=O)(=O)O)ccc4O)ccc3c2C)n1.[Cu]. The van der Waals surface area contributed by atoms with Crippen LogP contribution >= 0.6 is 0 Å². The Hall–Kier alpha value is -5.28. The molecule has 0 unspecified atom stereocenters. The molecule has 0 aliphatic heterocycles. The van der Waals surface area contributed by atoms with Crippen LogP contribution in [0.1, 0.15) is 23.9 Å². The molecule has 0 amide bonds. The number of nitrogens with zero attached hydrogens (tertiary/aromatic N) is 7. The Morgan fingerprint density at radius 1 is 0.800 bits per heavy atom. The van der Waals surface area contributed by atoms with Gasteiger partial charge >= 0.3 is 10.6 Å². The molecule has 0 aliphatic carbocycles. The molecule has 5 rings (SSSR count). The van der Waals surface area contributed by atoms with Crippen LogP contribution in [-0.2, 0) is 51.0 Å². The second-order valence-corrected chi connectivity index (χ2v) is 11.7. The van der Waals surface area contributed by atoms with Gasteiger partial charge in [0.1, 0.15) is 42.0 Å². The number of benzene rings is 4. The molecule has 1 radical (unpaired) electrons. The topological polar surface area (TPSA) is 287 Å². The molecule has 6 N–H and O–H groups in total. The third-order valence-electron chi connectivity index (χ3n) is 6.72. The average molecular weight is 776 g/mol. The summed E-state index contributed by atoms with van der Waals surface area (Å²) in [5.74, 6) is -0.00370. The van der Waals surface area contributed by atoms with Gasteiger partial charge in [-0.2, -0.15) is 13.4 Å². The van der Waals surface area contributed by atoms with Gasteiger partial charge in [-0.25, -0.2) is 9.97 Å². The van der Waals surface area contributed by atoms with E-state index in [9.17, 15) is 33.4 Å². The molecule has 21 heteroatoms. The number of azo groups is 2. The Bertz CT molecular complexity index is 2380. The normalized spacial score (nSPS) is 11.6. The number of aromatic hydroxyl groups is 2. The maximum absolute atomic E-state index is 11.5. The fourth-order valence-corrected chi connectivity index (χ4v) is 4.85. The summed E-state index contributed by atoms with van der Waals surface area (Å²) >= 11 is 0. The van der Waals surface area contributed by atoms with Crippen molar-refractivity contribution in [3.8, 4) is 11.5 Å². The molecule has 0 saturated carbocycles. The van der Waals surface area contributed by atoms with E-state index >= 15 is 0 Å². The largest absolute Gasteiger partial charge is 0.506 e. The van der Waals surface area contributed by atoms with Gasteiger partial charge in [0.2, 0.25) is 5.95 Å². The van der Waals surface area contributed by atoms with Gasteiger partial charge in [-0.05, 0) is 84.5 Å². The number of aromatic nitrogens is 3. The summed E-state index contributed by atoms with van der Waals surface area (Å²) < 4.78 is 65.4. The summed E-state index contributed by atoms with van der Waals surface area (Å²) in [5, 5.41) is 61.4. The number of hydrogen-bond donors (Lipinski definition) is 6. The van der Waals surface area contributed by atoms with Crippen LogP contribution in [0, 0.1) is 13.8 Å². The molecular formula is C29H26CuN8O10S2. The van der Waals surface area contributed by atoms with Crippen LogP contribution in [0.3, 0.4) is 0 Å². The van der Waals surface area contributed by atoms with E-state index in [0.29, 0.717) is 33.4 Å². The van der Waals surface area contributed by atoms with Crippen molar-refractivity contribution in [3.63, 3.8) is 0 Å². The maximum Gasteiger partial charge on any atom is 0.425 e. The van der Waals surface area contributed by atoms with Crippen LogP contribution in [0.25, 0.3) is 10.8 Å². The molecule has 1 heterocycles. The zero-order valence-corrected chi connectivity index (χ0v) is 28.2. The number of phenolic OH excluding ortho intramolecular Hbond substituents is 2. The minimum atomic E-state index is -4.58. The predicted octanol–water partition coefficient (Wildman–Crippen LogP) is 4.85. The second-order valence-electron chi connectivity index (χ2n) is 9.85. The van der Waals surface area contributed by atoms with Crippen LogP contribution in [0.5, 0.6) is 11.5 Å². The van der Waals surface area contributed by atoms with E-state index in [-0.39, 0.29) is 57.8 Å². The molecular weight excluding hydrogens is 748 g/mol. The van der Waals surface area contributed by atoms with Crippen molar-refractivity contribution >= 4 is 65.9 Å². The second kappa shape index (κ2) is 16.9. The maximum atomic E-state index is 11.5. The first-order valence-electron chi connectivity index (χ1n) is 14.1. The van der Waals surface area contributed by atoms with E-state index in [1.807, 2.05) is 6.92 Å². The number of nitrogens with one attached hydrogen (secondary N) is 1. The first-order chi connectivity index (χ1) is 23.6. The van der Waals surface area contributed by atoms with E-state index in [4.69, 9.17) is 14.0 Å². The summed E-state index contributed by atoms with van der Waals surface area (Å²) in [6.45, 7) is 2.58. The van der Waals surface area contributed by atoms with Crippen LogP contribution < -0.4 is 5.32 Å². The van der Waals surface area contributed by atoms with Gasteiger partial charge in [-0.3, -0.25) is 4.55 Å². The van der Waals surface area contributed by atoms with E-state index in [0.717, 1.165) is 23.8 Å². The Morgan fingerprint density at radius 2 is 1.36 bits per heavy atom. The zero-order chi connectivity index (χ0) is 36.7. The Labute approximate surface area is 297 Å². The predicted molar refractivity (Wildman–Crippen MR) is 172 cm³/mol. The summed E-state index contributed by atoms with van der Waals surface area (Å²) in [7, 11) is -7.69. The molecule has 18 nitrogen and oxygen atoms in total. The van der Waals surface area contributed by atoms with Gasteiger partial charge in [-0.15, -0.1) is 33.1 Å². The van der Waals surface area contributed by atoms with Gasteiger partial charge in [0.15, 0.2) is 5.75 Å². The molecule has 0 atom stereocenters. The molecule has 0 saturated heterocycles. The molecule has 0 aliphatic rings. The van der Waals surface area contributed by atoms with Crippen molar-refractivity contribution in [3.05, 3.63) is 83.4 Å². The number of hydrogen-bond acceptors (Lipinski definition) is 17. The number of aliphatic hydroxyl groups is 2. The van der Waals surface area contributed by atoms with E-state index in [1.54, 1.807) is 31.2 Å². The Morgan fingerprint density at radius 3 is 1.92 bits per heavy atom. The monoisotopic (exact) mass is 775 g/mol. The van der Waals surface area contributed by atoms with Gasteiger partial charge in [-0.1, -0.05) is 6.07 Å². The molecule has 0 spiro atoms. The van der Waals surface area contributed by atoms with E-state index in [1.165, 1.54) is 12.1 Å². The number of anilines is 2. The molecule has 0 bridgehead atoms. The molecule has 1 aromatic heterocycles. The van der Waals surface area contributed by atoms with Gasteiger partial charge in [0.05, 0.1) is 18.1 Å². The van der Waals surface area contributed by atoms with Crippen LogP contribution in [0.4, 0.5) is 34.4 Å². The number of rotatable bonds is 9. The first kappa shape index (κ1) is 37.5. The Balaban J connectivity index is 0.00000133. The fraction of sp³-hybridized carbons (Fsp3) is 0.138. The first-order valence-corrected chi connectivity index (χ1v) is 16.0. The molecule has 4 aromatic carbocycles. The van der Waals surface area contributed by atoms with E-state index < -0.39 is 44.6 Å². The van der Waals surface area contributed by atoms with Crippen molar-refractivity contribution < 1.29 is 64.5 Å². The van der Waals surface area contributed by atoms with Crippen molar-refractivity contribution in [2.24, 2.45) is 20.5 Å². The Kier molecular flexibility index (Phi) is 12.7. The van der Waals surface area contributed by atoms with Crippen LogP contribution in [-0.4, -0.2) is 61.0 Å². The van der Waals surface area contributed by atoms with Gasteiger partial charge in [0.25, 0.3) is 10.1 Å². The number of aliphatic hydroxyl groups excluding tert-OH is 2.